The zero-order chi connectivity index (χ0) is 8.86. The van der Waals surface area contributed by atoms with Gasteiger partial charge in [-0.25, -0.2) is 0 Å². The Morgan fingerprint density at radius 3 is 2.83 bits per heavy atom. The van der Waals surface area contributed by atoms with Crippen LogP contribution in [-0.2, 0) is 0 Å². The van der Waals surface area contributed by atoms with E-state index in [2.05, 4.69) is 36.5 Å². The lowest BCUT2D eigenvalue weighted by molar-refractivity contribution is 0.267. The van der Waals surface area contributed by atoms with Crippen LogP contribution in [0.25, 0.3) is 0 Å². The lowest BCUT2D eigenvalue weighted by atomic mass is 9.88. The maximum absolute atomic E-state index is 8.70. The number of hydrogen-bond acceptors (Lipinski definition) is 2. The highest BCUT2D eigenvalue weighted by molar-refractivity contribution is 5.20. The standard InChI is InChI=1S/C10H17NO/c1-2-10(11-8-9-12)6-4-3-5-7-10/h3-6,11-12H,2,7-9H2,1H3/t10-/m0/s1. The first kappa shape index (κ1) is 9.49. The van der Waals surface area contributed by atoms with Crippen molar-refractivity contribution in [2.45, 2.75) is 25.3 Å². The third kappa shape index (κ3) is 2.19. The third-order valence-electron chi connectivity index (χ3n) is 2.36. The number of allylic oxidation sites excluding steroid dienone is 2. The minimum atomic E-state index is 0.0947. The summed E-state index contributed by atoms with van der Waals surface area (Å²) in [6.45, 7) is 3.04. The first-order valence-corrected chi connectivity index (χ1v) is 4.53. The number of aliphatic hydroxyl groups is 1. The summed E-state index contributed by atoms with van der Waals surface area (Å²) in [6, 6.07) is 0. The van der Waals surface area contributed by atoms with Crippen LogP contribution in [0.5, 0.6) is 0 Å². The van der Waals surface area contributed by atoms with Gasteiger partial charge < -0.3 is 10.4 Å². The highest BCUT2D eigenvalue weighted by Gasteiger charge is 2.23. The molecule has 0 fully saturated rings. The van der Waals surface area contributed by atoms with Crippen molar-refractivity contribution in [2.75, 3.05) is 13.2 Å². The van der Waals surface area contributed by atoms with E-state index in [4.69, 9.17) is 5.11 Å². The molecule has 68 valence electrons. The molecule has 0 saturated heterocycles. The normalized spacial score (nSPS) is 27.8. The highest BCUT2D eigenvalue weighted by Crippen LogP contribution is 2.20. The summed E-state index contributed by atoms with van der Waals surface area (Å²) in [7, 11) is 0. The van der Waals surface area contributed by atoms with E-state index >= 15 is 0 Å². The van der Waals surface area contributed by atoms with Crippen molar-refractivity contribution in [3.63, 3.8) is 0 Å². The van der Waals surface area contributed by atoms with Crippen LogP contribution in [0.2, 0.25) is 0 Å². The molecule has 0 heterocycles. The van der Waals surface area contributed by atoms with E-state index in [0.29, 0.717) is 6.54 Å². The Kier molecular flexibility index (Phi) is 3.50. The fourth-order valence-electron chi connectivity index (χ4n) is 1.49. The third-order valence-corrected chi connectivity index (χ3v) is 2.36. The van der Waals surface area contributed by atoms with Crippen LogP contribution in [0.3, 0.4) is 0 Å². The Labute approximate surface area is 74.0 Å². The summed E-state index contributed by atoms with van der Waals surface area (Å²) >= 11 is 0. The van der Waals surface area contributed by atoms with Gasteiger partial charge in [-0.2, -0.15) is 0 Å². The molecule has 12 heavy (non-hydrogen) atoms. The van der Waals surface area contributed by atoms with Gasteiger partial charge in [0.25, 0.3) is 0 Å². The van der Waals surface area contributed by atoms with Crippen molar-refractivity contribution >= 4 is 0 Å². The molecule has 0 amide bonds. The smallest absolute Gasteiger partial charge is 0.0556 e. The fraction of sp³-hybridized carbons (Fsp3) is 0.600. The van der Waals surface area contributed by atoms with Crippen LogP contribution in [0.15, 0.2) is 24.3 Å². The summed E-state index contributed by atoms with van der Waals surface area (Å²) < 4.78 is 0. The molecule has 2 nitrogen and oxygen atoms in total. The first-order valence-electron chi connectivity index (χ1n) is 4.53. The van der Waals surface area contributed by atoms with Gasteiger partial charge in [0, 0.05) is 12.1 Å². The van der Waals surface area contributed by atoms with Crippen LogP contribution < -0.4 is 5.32 Å². The van der Waals surface area contributed by atoms with Crippen molar-refractivity contribution in [3.8, 4) is 0 Å². The second-order valence-electron chi connectivity index (χ2n) is 3.15. The molecule has 0 aromatic rings. The number of nitrogens with one attached hydrogen (secondary N) is 1. The summed E-state index contributed by atoms with van der Waals surface area (Å²) in [5.74, 6) is 0. The van der Waals surface area contributed by atoms with E-state index in [1.54, 1.807) is 0 Å². The topological polar surface area (TPSA) is 32.3 Å². The van der Waals surface area contributed by atoms with Gasteiger partial charge in [0.1, 0.15) is 0 Å². The van der Waals surface area contributed by atoms with Crippen LogP contribution in [0, 0.1) is 0 Å². The first-order chi connectivity index (χ1) is 5.83. The van der Waals surface area contributed by atoms with Gasteiger partial charge in [0.15, 0.2) is 0 Å². The molecule has 2 heteroatoms. The quantitative estimate of drug-likeness (QED) is 0.660. The molecule has 0 aliphatic heterocycles. The molecule has 0 spiro atoms. The van der Waals surface area contributed by atoms with E-state index in [1.807, 2.05) is 0 Å². The molecule has 0 saturated carbocycles. The summed E-state index contributed by atoms with van der Waals surface area (Å²) in [6.07, 6.45) is 10.6. The Balaban J connectivity index is 2.51. The highest BCUT2D eigenvalue weighted by atomic mass is 16.3. The zero-order valence-electron chi connectivity index (χ0n) is 7.59. The van der Waals surface area contributed by atoms with Crippen molar-refractivity contribution < 1.29 is 5.11 Å². The van der Waals surface area contributed by atoms with Crippen molar-refractivity contribution in [1.82, 2.24) is 5.32 Å². The average Bonchev–Trinajstić information content (AvgIpc) is 2.16. The maximum atomic E-state index is 8.70. The molecule has 0 aromatic carbocycles. The van der Waals surface area contributed by atoms with Crippen molar-refractivity contribution in [1.29, 1.82) is 0 Å². The second-order valence-corrected chi connectivity index (χ2v) is 3.15. The van der Waals surface area contributed by atoms with E-state index in [0.717, 1.165) is 12.8 Å². The zero-order valence-corrected chi connectivity index (χ0v) is 7.59. The lowest BCUT2D eigenvalue weighted by Crippen LogP contribution is -2.44. The monoisotopic (exact) mass is 167 g/mol. The van der Waals surface area contributed by atoms with E-state index in [1.165, 1.54) is 0 Å². The molecule has 0 unspecified atom stereocenters. The van der Waals surface area contributed by atoms with Crippen LogP contribution in [-0.4, -0.2) is 23.8 Å². The number of β-amino-alcohol motifs (C(OH)–C–C–N with tert-alkyl or cyclic N) is 1. The molecule has 0 aromatic heterocycles. The van der Waals surface area contributed by atoms with E-state index < -0.39 is 0 Å². The Morgan fingerprint density at radius 2 is 2.33 bits per heavy atom. The maximum Gasteiger partial charge on any atom is 0.0556 e. The van der Waals surface area contributed by atoms with E-state index in [9.17, 15) is 0 Å². The van der Waals surface area contributed by atoms with Crippen molar-refractivity contribution in [2.24, 2.45) is 0 Å². The van der Waals surface area contributed by atoms with Crippen LogP contribution in [0.1, 0.15) is 19.8 Å². The molecule has 0 radical (unpaired) electrons. The van der Waals surface area contributed by atoms with Gasteiger partial charge in [-0.1, -0.05) is 31.2 Å². The predicted molar refractivity (Wildman–Crippen MR) is 51.0 cm³/mol. The lowest BCUT2D eigenvalue weighted by Gasteiger charge is -2.31. The molecule has 1 aliphatic rings. The summed E-state index contributed by atoms with van der Waals surface area (Å²) in [5.41, 5.74) is 0.0947. The van der Waals surface area contributed by atoms with E-state index in [-0.39, 0.29) is 12.1 Å². The Bertz CT molecular complexity index is 186. The largest absolute Gasteiger partial charge is 0.395 e. The summed E-state index contributed by atoms with van der Waals surface area (Å²) in [5, 5.41) is 12.0. The van der Waals surface area contributed by atoms with Crippen LogP contribution >= 0.6 is 0 Å². The fourth-order valence-corrected chi connectivity index (χ4v) is 1.49. The molecule has 1 aliphatic carbocycles. The number of rotatable bonds is 4. The minimum absolute atomic E-state index is 0.0947. The molecular weight excluding hydrogens is 150 g/mol. The van der Waals surface area contributed by atoms with Gasteiger partial charge in [0.2, 0.25) is 0 Å². The Morgan fingerprint density at radius 1 is 1.50 bits per heavy atom. The molecule has 1 atom stereocenters. The minimum Gasteiger partial charge on any atom is -0.395 e. The average molecular weight is 167 g/mol. The van der Waals surface area contributed by atoms with Gasteiger partial charge in [-0.15, -0.1) is 0 Å². The summed E-state index contributed by atoms with van der Waals surface area (Å²) in [4.78, 5) is 0. The van der Waals surface area contributed by atoms with Gasteiger partial charge >= 0.3 is 0 Å². The number of hydrogen-bond donors (Lipinski definition) is 2. The SMILES string of the molecule is CC[C@]1(NCCO)C=CC=CC1. The second kappa shape index (κ2) is 4.43. The predicted octanol–water partition coefficient (Wildman–Crippen LogP) is 1.23. The molecular formula is C10H17NO. The van der Waals surface area contributed by atoms with Gasteiger partial charge in [-0.3, -0.25) is 0 Å². The van der Waals surface area contributed by atoms with Gasteiger partial charge in [0.05, 0.1) is 6.61 Å². The Hall–Kier alpha value is -0.600. The van der Waals surface area contributed by atoms with Crippen molar-refractivity contribution in [3.05, 3.63) is 24.3 Å². The van der Waals surface area contributed by atoms with Crippen LogP contribution in [0.4, 0.5) is 0 Å². The molecule has 2 N–H and O–H groups in total. The van der Waals surface area contributed by atoms with Gasteiger partial charge in [-0.05, 0) is 12.8 Å². The molecule has 1 rings (SSSR count). The number of aliphatic hydroxyl groups excluding tert-OH is 1. The molecule has 0 bridgehead atoms.